The minimum absolute atomic E-state index is 0.0289. The second kappa shape index (κ2) is 8.83. The minimum atomic E-state index is -0.341. The highest BCUT2D eigenvalue weighted by atomic mass is 16.5. The Morgan fingerprint density at radius 2 is 1.96 bits per heavy atom. The van der Waals surface area contributed by atoms with Crippen molar-refractivity contribution >= 4 is 5.91 Å². The van der Waals surface area contributed by atoms with Crippen LogP contribution in [0, 0.1) is 11.8 Å². The van der Waals surface area contributed by atoms with E-state index in [-0.39, 0.29) is 17.4 Å². The van der Waals surface area contributed by atoms with E-state index in [1.54, 1.807) is 0 Å². The van der Waals surface area contributed by atoms with Gasteiger partial charge in [0.1, 0.15) is 5.60 Å². The molecule has 1 amide bonds. The lowest BCUT2D eigenvalue weighted by Crippen LogP contribution is -2.59. The zero-order valence-electron chi connectivity index (χ0n) is 16.2. The summed E-state index contributed by atoms with van der Waals surface area (Å²) in [6.07, 6.45) is 8.40. The first-order chi connectivity index (χ1) is 12.1. The first-order valence-corrected chi connectivity index (χ1v) is 10.3. The molecule has 2 heterocycles. The van der Waals surface area contributed by atoms with Gasteiger partial charge in [-0.3, -0.25) is 9.69 Å². The van der Waals surface area contributed by atoms with Crippen LogP contribution in [0.25, 0.3) is 0 Å². The van der Waals surface area contributed by atoms with E-state index in [0.29, 0.717) is 26.3 Å². The fourth-order valence-electron chi connectivity index (χ4n) is 4.66. The highest BCUT2D eigenvalue weighted by molar-refractivity contribution is 5.78. The molecule has 25 heavy (non-hydrogen) atoms. The molecule has 2 saturated heterocycles. The van der Waals surface area contributed by atoms with Gasteiger partial charge in [0, 0.05) is 25.6 Å². The number of carbonyl (C=O) groups is 1. The van der Waals surface area contributed by atoms with E-state index in [1.807, 2.05) is 18.7 Å². The molecule has 3 rings (SSSR count). The van der Waals surface area contributed by atoms with Gasteiger partial charge in [-0.25, -0.2) is 0 Å². The largest absolute Gasteiger partial charge is 0.376 e. The van der Waals surface area contributed by atoms with Gasteiger partial charge in [0.05, 0.1) is 26.4 Å². The molecule has 1 saturated carbocycles. The number of hydrogen-bond acceptors (Lipinski definition) is 4. The normalized spacial score (nSPS) is 29.5. The van der Waals surface area contributed by atoms with E-state index < -0.39 is 0 Å². The SMILES string of the molecule is CC(C)C(=O)N1CCOC[C@@]2(CN(CCCC3CCCC3)CCO2)C1. The zero-order valence-corrected chi connectivity index (χ0v) is 16.2. The molecule has 3 fully saturated rings. The lowest BCUT2D eigenvalue weighted by molar-refractivity contribution is -0.153. The van der Waals surface area contributed by atoms with Gasteiger partial charge in [0.15, 0.2) is 0 Å². The summed E-state index contributed by atoms with van der Waals surface area (Å²) in [4.78, 5) is 17.0. The summed E-state index contributed by atoms with van der Waals surface area (Å²) < 4.78 is 12.0. The fraction of sp³-hybridized carbons (Fsp3) is 0.950. The van der Waals surface area contributed by atoms with Crippen LogP contribution in [0.5, 0.6) is 0 Å². The molecule has 0 aromatic carbocycles. The topological polar surface area (TPSA) is 42.0 Å². The number of carbonyl (C=O) groups excluding carboxylic acids is 1. The quantitative estimate of drug-likeness (QED) is 0.763. The predicted molar refractivity (Wildman–Crippen MR) is 98.6 cm³/mol. The Hall–Kier alpha value is -0.650. The summed E-state index contributed by atoms with van der Waals surface area (Å²) in [5.41, 5.74) is -0.341. The van der Waals surface area contributed by atoms with Gasteiger partial charge in [-0.05, 0) is 25.3 Å². The Labute approximate surface area is 153 Å². The highest BCUT2D eigenvalue weighted by Crippen LogP contribution is 2.29. The summed E-state index contributed by atoms with van der Waals surface area (Å²) in [6.45, 7) is 10.3. The van der Waals surface area contributed by atoms with Crippen molar-refractivity contribution in [2.45, 2.75) is 58.0 Å². The van der Waals surface area contributed by atoms with Crippen molar-refractivity contribution in [2.75, 3.05) is 52.5 Å². The van der Waals surface area contributed by atoms with Crippen molar-refractivity contribution in [3.63, 3.8) is 0 Å². The van der Waals surface area contributed by atoms with Crippen molar-refractivity contribution in [1.29, 1.82) is 0 Å². The zero-order chi connectivity index (χ0) is 17.7. The van der Waals surface area contributed by atoms with Gasteiger partial charge in [0.25, 0.3) is 0 Å². The summed E-state index contributed by atoms with van der Waals surface area (Å²) in [5.74, 6) is 1.21. The minimum Gasteiger partial charge on any atom is -0.376 e. The summed E-state index contributed by atoms with van der Waals surface area (Å²) in [5, 5.41) is 0. The van der Waals surface area contributed by atoms with Crippen LogP contribution in [0.1, 0.15) is 52.4 Å². The second-order valence-corrected chi connectivity index (χ2v) is 8.57. The van der Waals surface area contributed by atoms with Crippen LogP contribution in [0.3, 0.4) is 0 Å². The Morgan fingerprint density at radius 1 is 1.16 bits per heavy atom. The van der Waals surface area contributed by atoms with Crippen molar-refractivity contribution in [3.05, 3.63) is 0 Å². The lowest BCUT2D eigenvalue weighted by Gasteiger charge is -2.43. The molecule has 3 aliphatic rings. The second-order valence-electron chi connectivity index (χ2n) is 8.57. The number of rotatable bonds is 5. The monoisotopic (exact) mass is 352 g/mol. The molecular weight excluding hydrogens is 316 g/mol. The van der Waals surface area contributed by atoms with Gasteiger partial charge < -0.3 is 14.4 Å². The Bertz CT molecular complexity index is 437. The van der Waals surface area contributed by atoms with E-state index >= 15 is 0 Å². The van der Waals surface area contributed by atoms with Crippen molar-refractivity contribution < 1.29 is 14.3 Å². The number of morpholine rings is 1. The average Bonchev–Trinajstić information content (AvgIpc) is 3.03. The van der Waals surface area contributed by atoms with Crippen molar-refractivity contribution in [2.24, 2.45) is 11.8 Å². The molecule has 0 unspecified atom stereocenters. The molecule has 1 spiro atoms. The van der Waals surface area contributed by atoms with Gasteiger partial charge in [-0.1, -0.05) is 39.5 Å². The molecule has 0 bridgehead atoms. The fourth-order valence-corrected chi connectivity index (χ4v) is 4.66. The number of amides is 1. The smallest absolute Gasteiger partial charge is 0.225 e. The Morgan fingerprint density at radius 3 is 2.72 bits per heavy atom. The lowest BCUT2D eigenvalue weighted by atomic mass is 9.99. The van der Waals surface area contributed by atoms with Crippen LogP contribution in [0.4, 0.5) is 0 Å². The number of nitrogens with zero attached hydrogens (tertiary/aromatic N) is 2. The molecule has 1 atom stereocenters. The van der Waals surface area contributed by atoms with Crippen LogP contribution in [-0.4, -0.2) is 73.9 Å². The third-order valence-electron chi connectivity index (χ3n) is 6.04. The maximum absolute atomic E-state index is 12.5. The first-order valence-electron chi connectivity index (χ1n) is 10.3. The predicted octanol–water partition coefficient (Wildman–Crippen LogP) is 2.54. The molecule has 2 aliphatic heterocycles. The molecule has 5 heteroatoms. The molecule has 0 N–H and O–H groups in total. The highest BCUT2D eigenvalue weighted by Gasteiger charge is 2.41. The molecule has 1 aliphatic carbocycles. The van der Waals surface area contributed by atoms with Crippen molar-refractivity contribution in [3.8, 4) is 0 Å². The molecule has 144 valence electrons. The van der Waals surface area contributed by atoms with Crippen LogP contribution >= 0.6 is 0 Å². The standard InChI is InChI=1S/C20H36N2O3/c1-17(2)19(23)22-11-12-24-16-20(15-22)14-21(10-13-25-20)9-5-8-18-6-3-4-7-18/h17-18H,3-16H2,1-2H3/t20-/m1/s1. The van der Waals surface area contributed by atoms with E-state index in [1.165, 1.54) is 38.5 Å². The first kappa shape index (κ1) is 19.1. The summed E-state index contributed by atoms with van der Waals surface area (Å²) >= 11 is 0. The third-order valence-corrected chi connectivity index (χ3v) is 6.04. The molecule has 0 aromatic rings. The summed E-state index contributed by atoms with van der Waals surface area (Å²) in [6, 6.07) is 0. The van der Waals surface area contributed by atoms with Gasteiger partial charge >= 0.3 is 0 Å². The van der Waals surface area contributed by atoms with Gasteiger partial charge in [0.2, 0.25) is 5.91 Å². The Balaban J connectivity index is 1.53. The van der Waals surface area contributed by atoms with Crippen LogP contribution < -0.4 is 0 Å². The van der Waals surface area contributed by atoms with E-state index in [9.17, 15) is 4.79 Å². The number of ether oxygens (including phenoxy) is 2. The van der Waals surface area contributed by atoms with E-state index in [2.05, 4.69) is 4.90 Å². The third kappa shape index (κ3) is 5.18. The maximum atomic E-state index is 12.5. The van der Waals surface area contributed by atoms with Gasteiger partial charge in [-0.15, -0.1) is 0 Å². The molecule has 0 radical (unpaired) electrons. The van der Waals surface area contributed by atoms with E-state index in [0.717, 1.165) is 32.2 Å². The maximum Gasteiger partial charge on any atom is 0.225 e. The molecule has 5 nitrogen and oxygen atoms in total. The average molecular weight is 353 g/mol. The Kier molecular flexibility index (Phi) is 6.75. The molecular formula is C20H36N2O3. The van der Waals surface area contributed by atoms with E-state index in [4.69, 9.17) is 9.47 Å². The van der Waals surface area contributed by atoms with Crippen molar-refractivity contribution in [1.82, 2.24) is 9.80 Å². The van der Waals surface area contributed by atoms with Crippen LogP contribution in [0.15, 0.2) is 0 Å². The summed E-state index contributed by atoms with van der Waals surface area (Å²) in [7, 11) is 0. The van der Waals surface area contributed by atoms with Crippen LogP contribution in [0.2, 0.25) is 0 Å². The molecule has 0 aromatic heterocycles. The van der Waals surface area contributed by atoms with Crippen LogP contribution in [-0.2, 0) is 14.3 Å². The van der Waals surface area contributed by atoms with Gasteiger partial charge in [-0.2, -0.15) is 0 Å². The number of hydrogen-bond donors (Lipinski definition) is 0.